The highest BCUT2D eigenvalue weighted by Crippen LogP contribution is 2.23. The van der Waals surface area contributed by atoms with E-state index >= 15 is 0 Å². The molecule has 3 N–H and O–H groups in total. The summed E-state index contributed by atoms with van der Waals surface area (Å²) in [4.78, 5) is 6.75. The van der Waals surface area contributed by atoms with Gasteiger partial charge in [0.05, 0.1) is 6.20 Å². The summed E-state index contributed by atoms with van der Waals surface area (Å²) in [5, 5.41) is 17.8. The van der Waals surface area contributed by atoms with E-state index in [4.69, 9.17) is 10.5 Å². The lowest BCUT2D eigenvalue weighted by atomic mass is 10.2. The molecule has 1 aliphatic heterocycles. The molecule has 1 fully saturated rings. The number of fused-ring (bicyclic) bond motifs is 1. The van der Waals surface area contributed by atoms with Gasteiger partial charge in [-0.25, -0.2) is 0 Å². The second kappa shape index (κ2) is 8.57. The van der Waals surface area contributed by atoms with Gasteiger partial charge >= 0.3 is 0 Å². The Hall–Kier alpha value is -3.72. The maximum atomic E-state index is 6.11. The monoisotopic (exact) mass is 416 g/mol. The molecular formula is C22H24N8O. The summed E-state index contributed by atoms with van der Waals surface area (Å²) < 4.78 is 7.35. The lowest BCUT2D eigenvalue weighted by Crippen LogP contribution is -2.25. The van der Waals surface area contributed by atoms with Crippen LogP contribution in [0.1, 0.15) is 12.8 Å². The van der Waals surface area contributed by atoms with Gasteiger partial charge in [0.25, 0.3) is 0 Å². The van der Waals surface area contributed by atoms with Crippen molar-refractivity contribution in [1.29, 1.82) is 0 Å². The minimum atomic E-state index is 0.231. The standard InChI is InChI=1S/C22H24N8O/c23-21-26-22(28-30(21)20-19-6-2-1-5-16(19)15-24-27-20)25-17-7-9-18(10-8-17)31-14-13-29-11-3-4-12-29/h1-2,5-10,15H,3-4,11-14H2,(H3,23,25,26,28). The minimum absolute atomic E-state index is 0.231. The molecular weight excluding hydrogens is 392 g/mol. The molecule has 3 heterocycles. The molecule has 4 aromatic rings. The summed E-state index contributed by atoms with van der Waals surface area (Å²) in [5.41, 5.74) is 6.95. The lowest BCUT2D eigenvalue weighted by Gasteiger charge is -2.15. The average Bonchev–Trinajstić information content (AvgIpc) is 3.44. The highest BCUT2D eigenvalue weighted by Gasteiger charge is 2.14. The second-order valence-corrected chi connectivity index (χ2v) is 7.51. The van der Waals surface area contributed by atoms with E-state index in [1.807, 2.05) is 48.5 Å². The van der Waals surface area contributed by atoms with Crippen LogP contribution in [0.25, 0.3) is 16.6 Å². The van der Waals surface area contributed by atoms with Crippen LogP contribution in [0.3, 0.4) is 0 Å². The van der Waals surface area contributed by atoms with Crippen LogP contribution >= 0.6 is 0 Å². The largest absolute Gasteiger partial charge is 0.492 e. The maximum Gasteiger partial charge on any atom is 0.248 e. The molecule has 5 rings (SSSR count). The summed E-state index contributed by atoms with van der Waals surface area (Å²) >= 11 is 0. The third-order valence-electron chi connectivity index (χ3n) is 5.37. The van der Waals surface area contributed by atoms with Gasteiger partial charge in [-0.1, -0.05) is 24.3 Å². The molecule has 2 aromatic carbocycles. The van der Waals surface area contributed by atoms with Crippen LogP contribution < -0.4 is 15.8 Å². The Morgan fingerprint density at radius 2 is 1.84 bits per heavy atom. The number of ether oxygens (including phenoxy) is 1. The van der Waals surface area contributed by atoms with Crippen molar-refractivity contribution in [2.24, 2.45) is 0 Å². The number of nitrogens with two attached hydrogens (primary N) is 1. The van der Waals surface area contributed by atoms with Gasteiger partial charge in [0.15, 0.2) is 5.82 Å². The summed E-state index contributed by atoms with van der Waals surface area (Å²) in [7, 11) is 0. The van der Waals surface area contributed by atoms with Gasteiger partial charge in [-0.05, 0) is 50.2 Å². The summed E-state index contributed by atoms with van der Waals surface area (Å²) in [5.74, 6) is 2.00. The number of hydrogen-bond donors (Lipinski definition) is 2. The zero-order valence-corrected chi connectivity index (χ0v) is 17.1. The molecule has 2 aromatic heterocycles. The fraction of sp³-hybridized carbons (Fsp3) is 0.273. The summed E-state index contributed by atoms with van der Waals surface area (Å²) in [6, 6.07) is 15.5. The van der Waals surface area contributed by atoms with Gasteiger partial charge in [-0.3, -0.25) is 4.90 Å². The molecule has 0 aliphatic carbocycles. The Bertz CT molecular complexity index is 1160. The molecule has 31 heavy (non-hydrogen) atoms. The van der Waals surface area contributed by atoms with Crippen LogP contribution in [0.5, 0.6) is 5.75 Å². The minimum Gasteiger partial charge on any atom is -0.492 e. The van der Waals surface area contributed by atoms with Crippen molar-refractivity contribution < 1.29 is 4.74 Å². The third-order valence-corrected chi connectivity index (χ3v) is 5.37. The molecule has 0 spiro atoms. The zero-order chi connectivity index (χ0) is 21.0. The quantitative estimate of drug-likeness (QED) is 0.473. The molecule has 1 aliphatic rings. The van der Waals surface area contributed by atoms with Gasteiger partial charge in [0.2, 0.25) is 11.9 Å². The molecule has 0 bridgehead atoms. The van der Waals surface area contributed by atoms with Crippen molar-refractivity contribution in [3.63, 3.8) is 0 Å². The number of nitrogens with zero attached hydrogens (tertiary/aromatic N) is 6. The van der Waals surface area contributed by atoms with E-state index in [0.29, 0.717) is 18.4 Å². The first-order valence-electron chi connectivity index (χ1n) is 10.4. The van der Waals surface area contributed by atoms with Crippen molar-refractivity contribution in [2.75, 3.05) is 37.3 Å². The number of hydrogen-bond acceptors (Lipinski definition) is 8. The van der Waals surface area contributed by atoms with Crippen LogP contribution in [-0.2, 0) is 0 Å². The Morgan fingerprint density at radius 1 is 1.03 bits per heavy atom. The van der Waals surface area contributed by atoms with E-state index in [2.05, 4.69) is 30.5 Å². The number of nitrogens with one attached hydrogen (secondary N) is 1. The second-order valence-electron chi connectivity index (χ2n) is 7.51. The van der Waals surface area contributed by atoms with Crippen LogP contribution in [-0.4, -0.2) is 56.1 Å². The van der Waals surface area contributed by atoms with E-state index < -0.39 is 0 Å². The van der Waals surface area contributed by atoms with Gasteiger partial charge in [-0.15, -0.1) is 10.2 Å². The molecule has 158 valence electrons. The van der Waals surface area contributed by atoms with Gasteiger partial charge < -0.3 is 15.8 Å². The number of rotatable bonds is 7. The molecule has 0 saturated carbocycles. The van der Waals surface area contributed by atoms with E-state index in [9.17, 15) is 0 Å². The molecule has 9 heteroatoms. The third kappa shape index (κ3) is 4.26. The fourth-order valence-electron chi connectivity index (χ4n) is 3.76. The maximum absolute atomic E-state index is 6.11. The van der Waals surface area contributed by atoms with Crippen LogP contribution in [0.2, 0.25) is 0 Å². The van der Waals surface area contributed by atoms with Gasteiger partial charge in [-0.2, -0.15) is 14.8 Å². The van der Waals surface area contributed by atoms with Gasteiger partial charge in [0, 0.05) is 23.0 Å². The summed E-state index contributed by atoms with van der Waals surface area (Å²) in [6.45, 7) is 4.03. The predicted molar refractivity (Wildman–Crippen MR) is 120 cm³/mol. The first-order valence-corrected chi connectivity index (χ1v) is 10.4. The van der Waals surface area contributed by atoms with Crippen molar-refractivity contribution in [2.45, 2.75) is 12.8 Å². The van der Waals surface area contributed by atoms with E-state index in [-0.39, 0.29) is 5.95 Å². The topological polar surface area (TPSA) is 107 Å². The highest BCUT2D eigenvalue weighted by molar-refractivity contribution is 5.87. The number of benzene rings is 2. The number of likely N-dealkylation sites (tertiary alicyclic amines) is 1. The molecule has 0 amide bonds. The average molecular weight is 416 g/mol. The number of anilines is 3. The van der Waals surface area contributed by atoms with Crippen molar-refractivity contribution in [3.8, 4) is 11.6 Å². The van der Waals surface area contributed by atoms with E-state index in [1.54, 1.807) is 6.20 Å². The first-order chi connectivity index (χ1) is 15.3. The van der Waals surface area contributed by atoms with Gasteiger partial charge in [0.1, 0.15) is 12.4 Å². The molecule has 9 nitrogen and oxygen atoms in total. The smallest absolute Gasteiger partial charge is 0.248 e. The molecule has 0 atom stereocenters. The molecule has 0 unspecified atom stereocenters. The summed E-state index contributed by atoms with van der Waals surface area (Å²) in [6.07, 6.45) is 4.30. The fourth-order valence-corrected chi connectivity index (χ4v) is 3.76. The Balaban J connectivity index is 1.26. The van der Waals surface area contributed by atoms with Crippen molar-refractivity contribution >= 4 is 28.4 Å². The Kier molecular flexibility index (Phi) is 5.32. The predicted octanol–water partition coefficient (Wildman–Crippen LogP) is 3.01. The van der Waals surface area contributed by atoms with Crippen LogP contribution in [0.15, 0.2) is 54.7 Å². The molecule has 1 saturated heterocycles. The Morgan fingerprint density at radius 3 is 2.68 bits per heavy atom. The number of aromatic nitrogens is 5. The normalized spacial score (nSPS) is 14.2. The van der Waals surface area contributed by atoms with Crippen molar-refractivity contribution in [3.05, 3.63) is 54.7 Å². The highest BCUT2D eigenvalue weighted by atomic mass is 16.5. The lowest BCUT2D eigenvalue weighted by molar-refractivity contribution is 0.238. The Labute approximate surface area is 179 Å². The van der Waals surface area contributed by atoms with Crippen LogP contribution in [0, 0.1) is 0 Å². The van der Waals surface area contributed by atoms with E-state index in [0.717, 1.165) is 28.8 Å². The zero-order valence-electron chi connectivity index (χ0n) is 17.1. The number of nitrogen functional groups attached to an aromatic ring is 1. The SMILES string of the molecule is Nc1nc(Nc2ccc(OCCN3CCCC3)cc2)nn1-c1nncc2ccccc12. The van der Waals surface area contributed by atoms with E-state index in [1.165, 1.54) is 30.6 Å². The van der Waals surface area contributed by atoms with Crippen molar-refractivity contribution in [1.82, 2.24) is 29.9 Å². The molecule has 0 radical (unpaired) electrons. The first kappa shape index (κ1) is 19.3. The van der Waals surface area contributed by atoms with Crippen LogP contribution in [0.4, 0.5) is 17.6 Å².